The van der Waals surface area contributed by atoms with E-state index in [0.717, 1.165) is 28.0 Å². The van der Waals surface area contributed by atoms with Crippen LogP contribution in [0.3, 0.4) is 0 Å². The summed E-state index contributed by atoms with van der Waals surface area (Å²) in [6.45, 7) is 4.67. The van der Waals surface area contributed by atoms with Gasteiger partial charge in [0.25, 0.3) is 5.56 Å². The lowest BCUT2D eigenvalue weighted by Gasteiger charge is -2.14. The Labute approximate surface area is 140 Å². The molecule has 24 heavy (non-hydrogen) atoms. The molecule has 1 N–H and O–H groups in total. The lowest BCUT2D eigenvalue weighted by Crippen LogP contribution is -2.21. The number of benzene rings is 1. The van der Waals surface area contributed by atoms with Crippen LogP contribution in [0.5, 0.6) is 5.75 Å². The summed E-state index contributed by atoms with van der Waals surface area (Å²) in [5.41, 5.74) is 2.03. The van der Waals surface area contributed by atoms with Crippen molar-refractivity contribution in [2.24, 2.45) is 0 Å². The third-order valence-corrected chi connectivity index (χ3v) is 3.96. The molecule has 3 aromatic rings. The van der Waals surface area contributed by atoms with Crippen LogP contribution in [0.15, 0.2) is 53.5 Å². The highest BCUT2D eigenvalue weighted by Crippen LogP contribution is 2.19. The van der Waals surface area contributed by atoms with Crippen molar-refractivity contribution < 1.29 is 4.74 Å². The average Bonchev–Trinajstić information content (AvgIpc) is 2.59. The molecule has 0 fully saturated rings. The first-order valence-corrected chi connectivity index (χ1v) is 7.96. The Hall–Kier alpha value is -2.82. The molecule has 5 heteroatoms. The number of hydrogen-bond acceptors (Lipinski definition) is 4. The molecule has 0 radical (unpaired) electrons. The van der Waals surface area contributed by atoms with Crippen LogP contribution in [0.25, 0.3) is 10.9 Å². The van der Waals surface area contributed by atoms with Crippen LogP contribution in [0, 0.1) is 0 Å². The molecular weight excluding hydrogens is 302 g/mol. The first-order chi connectivity index (χ1) is 11.6. The SMILES string of the molecule is COc1ccc(CNc2cc3c(ccc(=O)n3C(C)C)cn2)cc1. The van der Waals surface area contributed by atoms with Gasteiger partial charge in [0.2, 0.25) is 0 Å². The van der Waals surface area contributed by atoms with Gasteiger partial charge in [-0.1, -0.05) is 12.1 Å². The van der Waals surface area contributed by atoms with Gasteiger partial charge in [0.15, 0.2) is 0 Å². The van der Waals surface area contributed by atoms with Gasteiger partial charge in [-0.25, -0.2) is 4.98 Å². The third kappa shape index (κ3) is 3.25. The molecule has 0 aliphatic rings. The van der Waals surface area contributed by atoms with Crippen LogP contribution in [-0.2, 0) is 6.54 Å². The van der Waals surface area contributed by atoms with E-state index in [0.29, 0.717) is 6.54 Å². The smallest absolute Gasteiger partial charge is 0.251 e. The van der Waals surface area contributed by atoms with Crippen molar-refractivity contribution in [2.75, 3.05) is 12.4 Å². The number of hydrogen-bond donors (Lipinski definition) is 1. The molecule has 0 saturated heterocycles. The topological polar surface area (TPSA) is 56.1 Å². The highest BCUT2D eigenvalue weighted by Gasteiger charge is 2.08. The highest BCUT2D eigenvalue weighted by molar-refractivity contribution is 5.80. The first-order valence-electron chi connectivity index (χ1n) is 7.96. The number of pyridine rings is 2. The van der Waals surface area contributed by atoms with Gasteiger partial charge < -0.3 is 14.6 Å². The van der Waals surface area contributed by atoms with Crippen molar-refractivity contribution in [1.82, 2.24) is 9.55 Å². The predicted molar refractivity (Wildman–Crippen MR) is 96.7 cm³/mol. The number of methoxy groups -OCH3 is 1. The Morgan fingerprint density at radius 2 is 1.92 bits per heavy atom. The van der Waals surface area contributed by atoms with Crippen LogP contribution in [0.2, 0.25) is 0 Å². The maximum atomic E-state index is 12.1. The number of fused-ring (bicyclic) bond motifs is 1. The molecule has 0 atom stereocenters. The van der Waals surface area contributed by atoms with Crippen molar-refractivity contribution in [1.29, 1.82) is 0 Å². The summed E-state index contributed by atoms with van der Waals surface area (Å²) < 4.78 is 6.95. The van der Waals surface area contributed by atoms with Gasteiger partial charge in [0, 0.05) is 36.3 Å². The number of ether oxygens (including phenoxy) is 1. The van der Waals surface area contributed by atoms with Crippen LogP contribution in [0.4, 0.5) is 5.82 Å². The summed E-state index contributed by atoms with van der Waals surface area (Å²) in [5.74, 6) is 1.59. The summed E-state index contributed by atoms with van der Waals surface area (Å²) in [6, 6.07) is 13.3. The van der Waals surface area contributed by atoms with E-state index in [1.807, 2.05) is 50.2 Å². The van der Waals surface area contributed by atoms with Crippen molar-refractivity contribution >= 4 is 16.7 Å². The minimum atomic E-state index is 0.00445. The van der Waals surface area contributed by atoms with Crippen LogP contribution < -0.4 is 15.6 Å². The maximum absolute atomic E-state index is 12.1. The second kappa shape index (κ2) is 6.74. The summed E-state index contributed by atoms with van der Waals surface area (Å²) in [7, 11) is 1.65. The quantitative estimate of drug-likeness (QED) is 0.779. The van der Waals surface area contributed by atoms with E-state index in [-0.39, 0.29) is 11.6 Å². The molecule has 0 aliphatic carbocycles. The molecule has 0 unspecified atom stereocenters. The van der Waals surface area contributed by atoms with Gasteiger partial charge in [-0.05, 0) is 37.6 Å². The zero-order valence-electron chi connectivity index (χ0n) is 14.1. The van der Waals surface area contributed by atoms with Crippen molar-refractivity contribution in [3.8, 4) is 5.75 Å². The Kier molecular flexibility index (Phi) is 4.51. The minimum Gasteiger partial charge on any atom is -0.497 e. The Balaban J connectivity index is 1.87. The fourth-order valence-corrected chi connectivity index (χ4v) is 2.72. The van der Waals surface area contributed by atoms with Gasteiger partial charge in [-0.2, -0.15) is 0 Å². The Morgan fingerprint density at radius 1 is 1.17 bits per heavy atom. The Morgan fingerprint density at radius 3 is 2.58 bits per heavy atom. The lowest BCUT2D eigenvalue weighted by molar-refractivity contribution is 0.414. The van der Waals surface area contributed by atoms with Crippen LogP contribution >= 0.6 is 0 Å². The second-order valence-electron chi connectivity index (χ2n) is 5.97. The molecule has 0 spiro atoms. The summed E-state index contributed by atoms with van der Waals surface area (Å²) >= 11 is 0. The molecule has 5 nitrogen and oxygen atoms in total. The molecule has 124 valence electrons. The standard InChI is InChI=1S/C19H21N3O2/c1-13(2)22-17-10-18(21-12-15(17)6-9-19(22)23)20-11-14-4-7-16(24-3)8-5-14/h4-10,12-13H,11H2,1-3H3,(H,20,21). The molecule has 0 aliphatic heterocycles. The Bertz CT molecular complexity index is 899. The van der Waals surface area contributed by atoms with Gasteiger partial charge in [0.1, 0.15) is 11.6 Å². The van der Waals surface area contributed by atoms with Crippen LogP contribution in [-0.4, -0.2) is 16.7 Å². The minimum absolute atomic E-state index is 0.00445. The first kappa shape index (κ1) is 16.1. The molecule has 3 rings (SSSR count). The number of rotatable bonds is 5. The molecule has 2 aromatic heterocycles. The zero-order valence-corrected chi connectivity index (χ0v) is 14.1. The molecule has 1 aromatic carbocycles. The number of nitrogens with zero attached hydrogens (tertiary/aromatic N) is 2. The van der Waals surface area contributed by atoms with Gasteiger partial charge >= 0.3 is 0 Å². The maximum Gasteiger partial charge on any atom is 0.251 e. The van der Waals surface area contributed by atoms with E-state index >= 15 is 0 Å². The van der Waals surface area contributed by atoms with Crippen molar-refractivity contribution in [2.45, 2.75) is 26.4 Å². The zero-order chi connectivity index (χ0) is 17.1. The average molecular weight is 323 g/mol. The number of anilines is 1. The molecule has 0 amide bonds. The fraction of sp³-hybridized carbons (Fsp3) is 0.263. The lowest BCUT2D eigenvalue weighted by atomic mass is 10.2. The second-order valence-corrected chi connectivity index (χ2v) is 5.97. The van der Waals surface area contributed by atoms with Gasteiger partial charge in [-0.15, -0.1) is 0 Å². The summed E-state index contributed by atoms with van der Waals surface area (Å²) in [6.07, 6.45) is 1.80. The fourth-order valence-electron chi connectivity index (χ4n) is 2.72. The van der Waals surface area contributed by atoms with E-state index in [9.17, 15) is 4.79 Å². The van der Waals surface area contributed by atoms with Crippen molar-refractivity contribution in [3.63, 3.8) is 0 Å². The van der Waals surface area contributed by atoms with Gasteiger partial charge in [0.05, 0.1) is 12.6 Å². The third-order valence-electron chi connectivity index (χ3n) is 3.96. The van der Waals surface area contributed by atoms with E-state index < -0.39 is 0 Å². The molecule has 0 bridgehead atoms. The highest BCUT2D eigenvalue weighted by atomic mass is 16.5. The number of aromatic nitrogens is 2. The summed E-state index contributed by atoms with van der Waals surface area (Å²) in [5, 5.41) is 4.27. The van der Waals surface area contributed by atoms with Gasteiger partial charge in [-0.3, -0.25) is 4.79 Å². The predicted octanol–water partition coefficient (Wildman–Crippen LogP) is 3.60. The van der Waals surface area contributed by atoms with E-state index in [1.54, 1.807) is 23.9 Å². The largest absolute Gasteiger partial charge is 0.497 e. The molecule has 2 heterocycles. The monoisotopic (exact) mass is 323 g/mol. The van der Waals surface area contributed by atoms with E-state index in [4.69, 9.17) is 4.74 Å². The molecular formula is C19H21N3O2. The summed E-state index contributed by atoms with van der Waals surface area (Å²) in [4.78, 5) is 16.6. The van der Waals surface area contributed by atoms with E-state index in [1.165, 1.54) is 0 Å². The van der Waals surface area contributed by atoms with Crippen LogP contribution in [0.1, 0.15) is 25.5 Å². The molecule has 0 saturated carbocycles. The number of nitrogens with one attached hydrogen (secondary N) is 1. The van der Waals surface area contributed by atoms with E-state index in [2.05, 4.69) is 10.3 Å². The normalized spacial score (nSPS) is 11.0. The van der Waals surface area contributed by atoms with Crippen molar-refractivity contribution in [3.05, 3.63) is 64.6 Å².